The first kappa shape index (κ1) is 19.0. The van der Waals surface area contributed by atoms with Crippen LogP contribution in [-0.2, 0) is 9.59 Å². The lowest BCUT2D eigenvalue weighted by molar-refractivity contribution is -0.136. The van der Waals surface area contributed by atoms with Gasteiger partial charge < -0.3 is 19.8 Å². The van der Waals surface area contributed by atoms with Crippen molar-refractivity contribution in [2.75, 3.05) is 19.0 Å². The summed E-state index contributed by atoms with van der Waals surface area (Å²) >= 11 is 0. The van der Waals surface area contributed by atoms with Crippen LogP contribution >= 0.6 is 0 Å². The highest BCUT2D eigenvalue weighted by atomic mass is 16.5. The molecule has 136 valence electrons. The number of nitrogens with zero attached hydrogens (tertiary/aromatic N) is 1. The Labute approximate surface area is 151 Å². The molecule has 1 aromatic carbocycles. The topological polar surface area (TPSA) is 93.5 Å². The van der Waals surface area contributed by atoms with Gasteiger partial charge in [-0.05, 0) is 31.6 Å². The predicted molar refractivity (Wildman–Crippen MR) is 98.7 cm³/mol. The zero-order valence-electron chi connectivity index (χ0n) is 14.9. The van der Waals surface area contributed by atoms with Crippen molar-refractivity contribution in [1.29, 1.82) is 0 Å². The molecular weight excluding hydrogens is 334 g/mol. The van der Waals surface area contributed by atoms with Gasteiger partial charge >= 0.3 is 11.8 Å². The number of carbonyl (C=O) groups excluding carboxylic acids is 2. The predicted octanol–water partition coefficient (Wildman–Crippen LogP) is 2.93. The van der Waals surface area contributed by atoms with Crippen LogP contribution < -0.4 is 15.4 Å². The van der Waals surface area contributed by atoms with E-state index in [1.54, 1.807) is 24.4 Å². The van der Waals surface area contributed by atoms with E-state index in [-0.39, 0.29) is 6.54 Å². The van der Waals surface area contributed by atoms with Gasteiger partial charge in [-0.2, -0.15) is 0 Å². The third-order valence-electron chi connectivity index (χ3n) is 3.57. The van der Waals surface area contributed by atoms with Gasteiger partial charge in [0.25, 0.3) is 0 Å². The summed E-state index contributed by atoms with van der Waals surface area (Å²) in [5.74, 6) is -0.438. The first-order valence-corrected chi connectivity index (χ1v) is 8.03. The standard InChI is InChI=1S/C19H21N3O4/c1-4-6-13(5-2)10-21-18(23)19(24)22-14-7-8-15(16(9-14)25-3)17-11-20-12-26-17/h4-9,11-12H,10H2,1-3H3,(H,21,23)(H,22,24)/b6-4-,13-5+. The van der Waals surface area contributed by atoms with E-state index in [9.17, 15) is 9.59 Å². The molecule has 1 aromatic heterocycles. The zero-order valence-corrected chi connectivity index (χ0v) is 14.9. The van der Waals surface area contributed by atoms with E-state index in [0.717, 1.165) is 5.57 Å². The maximum atomic E-state index is 12.1. The van der Waals surface area contributed by atoms with Gasteiger partial charge in [-0.1, -0.05) is 18.2 Å². The highest BCUT2D eigenvalue weighted by molar-refractivity contribution is 6.39. The largest absolute Gasteiger partial charge is 0.496 e. The fourth-order valence-electron chi connectivity index (χ4n) is 2.24. The van der Waals surface area contributed by atoms with Crippen LogP contribution in [0.15, 0.2) is 59.0 Å². The Morgan fingerprint density at radius 1 is 1.27 bits per heavy atom. The monoisotopic (exact) mass is 355 g/mol. The van der Waals surface area contributed by atoms with Crippen LogP contribution in [0.1, 0.15) is 13.8 Å². The fourth-order valence-corrected chi connectivity index (χ4v) is 2.24. The fraction of sp³-hybridized carbons (Fsp3) is 0.211. The molecular formula is C19H21N3O4. The van der Waals surface area contributed by atoms with Crippen molar-refractivity contribution < 1.29 is 18.7 Å². The summed E-state index contributed by atoms with van der Waals surface area (Å²) in [5, 5.41) is 5.12. The van der Waals surface area contributed by atoms with E-state index in [0.29, 0.717) is 22.8 Å². The summed E-state index contributed by atoms with van der Waals surface area (Å²) < 4.78 is 10.6. The molecule has 0 aliphatic heterocycles. The van der Waals surface area contributed by atoms with E-state index in [4.69, 9.17) is 9.15 Å². The molecule has 26 heavy (non-hydrogen) atoms. The van der Waals surface area contributed by atoms with E-state index >= 15 is 0 Å². The summed E-state index contributed by atoms with van der Waals surface area (Å²) in [6.07, 6.45) is 8.48. The summed E-state index contributed by atoms with van der Waals surface area (Å²) in [7, 11) is 1.51. The smallest absolute Gasteiger partial charge is 0.313 e. The van der Waals surface area contributed by atoms with Crippen LogP contribution in [-0.4, -0.2) is 30.5 Å². The van der Waals surface area contributed by atoms with E-state index in [2.05, 4.69) is 15.6 Å². The van der Waals surface area contributed by atoms with Gasteiger partial charge in [0.1, 0.15) is 5.75 Å². The molecule has 0 bridgehead atoms. The Balaban J connectivity index is 2.03. The van der Waals surface area contributed by atoms with Crippen molar-refractivity contribution in [2.24, 2.45) is 0 Å². The van der Waals surface area contributed by atoms with Crippen molar-refractivity contribution in [1.82, 2.24) is 10.3 Å². The van der Waals surface area contributed by atoms with Crippen molar-refractivity contribution in [3.05, 3.63) is 54.6 Å². The second-order valence-corrected chi connectivity index (χ2v) is 5.28. The molecule has 0 saturated carbocycles. The normalized spacial score (nSPS) is 11.4. The molecule has 2 amide bonds. The summed E-state index contributed by atoms with van der Waals surface area (Å²) in [4.78, 5) is 27.9. The van der Waals surface area contributed by atoms with E-state index in [1.165, 1.54) is 13.5 Å². The highest BCUT2D eigenvalue weighted by Gasteiger charge is 2.15. The molecule has 0 spiro atoms. The van der Waals surface area contributed by atoms with Crippen LogP contribution in [0.3, 0.4) is 0 Å². The summed E-state index contributed by atoms with van der Waals surface area (Å²) in [5.41, 5.74) is 2.04. The number of allylic oxidation sites excluding steroid dienone is 2. The number of anilines is 1. The number of hydrogen-bond donors (Lipinski definition) is 2. The molecule has 0 unspecified atom stereocenters. The van der Waals surface area contributed by atoms with Crippen molar-refractivity contribution in [3.63, 3.8) is 0 Å². The molecule has 0 radical (unpaired) electrons. The molecule has 2 rings (SSSR count). The maximum Gasteiger partial charge on any atom is 0.313 e. The van der Waals surface area contributed by atoms with Gasteiger partial charge in [-0.15, -0.1) is 0 Å². The number of ether oxygens (including phenoxy) is 1. The number of oxazole rings is 1. The second-order valence-electron chi connectivity index (χ2n) is 5.28. The minimum absolute atomic E-state index is 0.279. The van der Waals surface area contributed by atoms with Gasteiger partial charge in [-0.25, -0.2) is 4.98 Å². The van der Waals surface area contributed by atoms with Crippen LogP contribution in [0.5, 0.6) is 5.75 Å². The SMILES string of the molecule is C/C=C\C(=C/C)CNC(=O)C(=O)Nc1ccc(-c2cnco2)c(OC)c1. The van der Waals surface area contributed by atoms with Crippen molar-refractivity contribution >= 4 is 17.5 Å². The Hall–Kier alpha value is -3.35. The minimum Gasteiger partial charge on any atom is -0.496 e. The molecule has 0 aliphatic carbocycles. The second kappa shape index (κ2) is 9.22. The molecule has 0 saturated heterocycles. The quantitative estimate of drug-likeness (QED) is 0.614. The lowest BCUT2D eigenvalue weighted by atomic mass is 10.1. The number of carbonyl (C=O) groups is 2. The maximum absolute atomic E-state index is 12.1. The first-order chi connectivity index (χ1) is 12.6. The highest BCUT2D eigenvalue weighted by Crippen LogP contribution is 2.32. The molecule has 0 fully saturated rings. The number of aromatic nitrogens is 1. The third kappa shape index (κ3) is 4.83. The van der Waals surface area contributed by atoms with Crippen molar-refractivity contribution in [3.8, 4) is 17.1 Å². The molecule has 1 heterocycles. The number of hydrogen-bond acceptors (Lipinski definition) is 5. The third-order valence-corrected chi connectivity index (χ3v) is 3.57. The minimum atomic E-state index is -0.754. The van der Waals surface area contributed by atoms with E-state index < -0.39 is 11.8 Å². The van der Waals surface area contributed by atoms with Crippen LogP contribution in [0, 0.1) is 0 Å². The van der Waals surface area contributed by atoms with Gasteiger partial charge in [0.15, 0.2) is 12.2 Å². The molecule has 7 heteroatoms. The molecule has 7 nitrogen and oxygen atoms in total. The van der Waals surface area contributed by atoms with Crippen LogP contribution in [0.4, 0.5) is 5.69 Å². The Kier molecular flexibility index (Phi) is 6.73. The number of amides is 2. The number of rotatable bonds is 6. The molecule has 0 aliphatic rings. The van der Waals surface area contributed by atoms with Crippen molar-refractivity contribution in [2.45, 2.75) is 13.8 Å². The average molecular weight is 355 g/mol. The average Bonchev–Trinajstić information content (AvgIpc) is 3.19. The van der Waals surface area contributed by atoms with Gasteiger partial charge in [-0.3, -0.25) is 9.59 Å². The molecule has 2 aromatic rings. The number of benzene rings is 1. The lowest BCUT2D eigenvalue weighted by Crippen LogP contribution is -2.36. The van der Waals surface area contributed by atoms with Crippen LogP contribution in [0.25, 0.3) is 11.3 Å². The summed E-state index contributed by atoms with van der Waals surface area (Å²) in [6, 6.07) is 4.99. The Morgan fingerprint density at radius 3 is 2.69 bits per heavy atom. The number of nitrogens with one attached hydrogen (secondary N) is 2. The summed E-state index contributed by atoms with van der Waals surface area (Å²) in [6.45, 7) is 4.03. The van der Waals surface area contributed by atoms with Gasteiger partial charge in [0, 0.05) is 18.3 Å². The zero-order chi connectivity index (χ0) is 18.9. The van der Waals surface area contributed by atoms with E-state index in [1.807, 2.05) is 32.1 Å². The first-order valence-electron chi connectivity index (χ1n) is 8.03. The van der Waals surface area contributed by atoms with Crippen LogP contribution in [0.2, 0.25) is 0 Å². The Bertz CT molecular complexity index is 823. The Morgan fingerprint density at radius 2 is 2.08 bits per heavy atom. The van der Waals surface area contributed by atoms with Gasteiger partial charge in [0.05, 0.1) is 18.9 Å². The lowest BCUT2D eigenvalue weighted by Gasteiger charge is -2.10. The number of methoxy groups -OCH3 is 1. The molecule has 0 atom stereocenters. The van der Waals surface area contributed by atoms with Gasteiger partial charge in [0.2, 0.25) is 0 Å². The molecule has 2 N–H and O–H groups in total.